The Labute approximate surface area is 172 Å². The molecule has 1 N–H and O–H groups in total. The molecule has 1 heterocycles. The van der Waals surface area contributed by atoms with Crippen molar-refractivity contribution in [3.05, 3.63) is 53.6 Å². The number of nitrogens with zero attached hydrogens (tertiary/aromatic N) is 1. The first-order valence-electron chi connectivity index (χ1n) is 9.47. The topological polar surface area (TPSA) is 58.6 Å². The average molecular weight is 421 g/mol. The van der Waals surface area contributed by atoms with E-state index >= 15 is 0 Å². The maximum Gasteiger partial charge on any atom is 0.264 e. The highest BCUT2D eigenvalue weighted by atomic mass is 32.2. The highest BCUT2D eigenvalue weighted by molar-refractivity contribution is 8.00. The molecule has 28 heavy (non-hydrogen) atoms. The lowest BCUT2D eigenvalue weighted by Gasteiger charge is -2.22. The van der Waals surface area contributed by atoms with E-state index < -0.39 is 10.0 Å². The van der Waals surface area contributed by atoms with E-state index in [1.165, 1.54) is 4.31 Å². The van der Waals surface area contributed by atoms with Crippen LogP contribution in [0.2, 0.25) is 0 Å². The second-order valence-electron chi connectivity index (χ2n) is 7.13. The lowest BCUT2D eigenvalue weighted by Crippen LogP contribution is -2.26. The minimum absolute atomic E-state index is 0.194. The Kier molecular flexibility index (Phi) is 6.70. The van der Waals surface area contributed by atoms with Gasteiger partial charge in [0.05, 0.1) is 16.6 Å². The summed E-state index contributed by atoms with van der Waals surface area (Å²) in [4.78, 5) is 1.34. The largest absolute Gasteiger partial charge is 0.385 e. The lowest BCUT2D eigenvalue weighted by molar-refractivity contribution is 0.193. The molecular weight excluding hydrogens is 392 g/mol. The van der Waals surface area contributed by atoms with Crippen molar-refractivity contribution < 1.29 is 13.2 Å². The smallest absolute Gasteiger partial charge is 0.264 e. The third-order valence-electron chi connectivity index (χ3n) is 4.77. The van der Waals surface area contributed by atoms with Crippen LogP contribution >= 0.6 is 11.8 Å². The highest BCUT2D eigenvalue weighted by Crippen LogP contribution is 2.41. The highest BCUT2D eigenvalue weighted by Gasteiger charge is 2.34. The second-order valence-corrected chi connectivity index (χ2v) is 10.7. The Bertz CT molecular complexity index is 929. The molecule has 3 rings (SSSR count). The fourth-order valence-electron chi connectivity index (χ4n) is 3.47. The number of benzene rings is 2. The molecule has 1 aliphatic heterocycles. The minimum Gasteiger partial charge on any atom is -0.385 e. The number of hydrogen-bond donors (Lipinski definition) is 1. The molecule has 0 aromatic heterocycles. The molecular formula is C21H28N2O3S2. The monoisotopic (exact) mass is 420 g/mol. The van der Waals surface area contributed by atoms with Crippen LogP contribution in [0.5, 0.6) is 0 Å². The number of rotatable bonds is 7. The predicted molar refractivity (Wildman–Crippen MR) is 116 cm³/mol. The van der Waals surface area contributed by atoms with Gasteiger partial charge in [-0.25, -0.2) is 8.42 Å². The quantitative estimate of drug-likeness (QED) is 0.541. The molecule has 152 valence electrons. The van der Waals surface area contributed by atoms with E-state index in [1.54, 1.807) is 25.9 Å². The van der Waals surface area contributed by atoms with E-state index in [0.29, 0.717) is 22.4 Å². The van der Waals surface area contributed by atoms with Gasteiger partial charge in [-0.2, -0.15) is 0 Å². The molecule has 2 aromatic carbocycles. The van der Waals surface area contributed by atoms with Gasteiger partial charge in [0.25, 0.3) is 10.0 Å². The lowest BCUT2D eigenvalue weighted by atomic mass is 9.97. The molecule has 1 atom stereocenters. The number of para-hydroxylation sites is 1. The number of anilines is 1. The Morgan fingerprint density at radius 2 is 1.93 bits per heavy atom. The van der Waals surface area contributed by atoms with Crippen LogP contribution < -0.4 is 9.62 Å². The first-order valence-corrected chi connectivity index (χ1v) is 11.8. The van der Waals surface area contributed by atoms with E-state index in [1.807, 2.05) is 42.5 Å². The summed E-state index contributed by atoms with van der Waals surface area (Å²) in [5, 5.41) is 3.93. The summed E-state index contributed by atoms with van der Waals surface area (Å²) in [7, 11) is -0.323. The SMILES string of the molecule is COCCCNC1c2ccccc2N(C)S(=O)(=O)c2cc(SC(C)C)ccc21. The maximum atomic E-state index is 13.4. The molecule has 2 aromatic rings. The van der Waals surface area contributed by atoms with Crippen LogP contribution in [0, 0.1) is 0 Å². The van der Waals surface area contributed by atoms with Crippen LogP contribution in [-0.2, 0) is 14.8 Å². The van der Waals surface area contributed by atoms with Gasteiger partial charge < -0.3 is 10.1 Å². The zero-order valence-electron chi connectivity index (χ0n) is 16.8. The molecule has 0 aliphatic carbocycles. The van der Waals surface area contributed by atoms with Crippen LogP contribution in [-0.4, -0.2) is 41.0 Å². The summed E-state index contributed by atoms with van der Waals surface area (Å²) in [6.07, 6.45) is 0.856. The van der Waals surface area contributed by atoms with Gasteiger partial charge in [-0.05, 0) is 42.3 Å². The van der Waals surface area contributed by atoms with Crippen LogP contribution in [0.25, 0.3) is 0 Å². The van der Waals surface area contributed by atoms with Gasteiger partial charge in [0.1, 0.15) is 0 Å². The molecule has 0 amide bonds. The van der Waals surface area contributed by atoms with Crippen molar-refractivity contribution in [1.82, 2.24) is 5.32 Å². The number of thioether (sulfide) groups is 1. The summed E-state index contributed by atoms with van der Waals surface area (Å²) in [5.74, 6) is 0. The standard InChI is InChI=1S/C21H28N2O3S2/c1-15(2)27-16-10-11-18-20(14-16)28(24,25)23(3)19-9-6-5-8-17(19)21(18)22-12-7-13-26-4/h5-6,8-11,14-15,21-22H,7,12-13H2,1-4H3. The van der Waals surface area contributed by atoms with Crippen molar-refractivity contribution >= 4 is 27.5 Å². The molecule has 0 saturated heterocycles. The van der Waals surface area contributed by atoms with Crippen molar-refractivity contribution in [3.63, 3.8) is 0 Å². The second kappa shape index (κ2) is 8.86. The van der Waals surface area contributed by atoms with Crippen molar-refractivity contribution in [3.8, 4) is 0 Å². The Morgan fingerprint density at radius 3 is 2.64 bits per heavy atom. The van der Waals surface area contributed by atoms with E-state index in [9.17, 15) is 8.42 Å². The van der Waals surface area contributed by atoms with E-state index in [4.69, 9.17) is 4.74 Å². The van der Waals surface area contributed by atoms with Gasteiger partial charge in [0, 0.05) is 30.9 Å². The molecule has 5 nitrogen and oxygen atoms in total. The predicted octanol–water partition coefficient (Wildman–Crippen LogP) is 4.04. The summed E-state index contributed by atoms with van der Waals surface area (Å²) < 4.78 is 33.4. The van der Waals surface area contributed by atoms with Gasteiger partial charge in [-0.1, -0.05) is 38.1 Å². The van der Waals surface area contributed by atoms with Crippen LogP contribution in [0.3, 0.4) is 0 Å². The molecule has 0 fully saturated rings. The summed E-state index contributed by atoms with van der Waals surface area (Å²) >= 11 is 1.67. The summed E-state index contributed by atoms with van der Waals surface area (Å²) in [5.41, 5.74) is 2.47. The number of sulfonamides is 1. The Balaban J connectivity index is 2.13. The number of fused-ring (bicyclic) bond motifs is 2. The zero-order chi connectivity index (χ0) is 20.3. The number of nitrogens with one attached hydrogen (secondary N) is 1. The van der Waals surface area contributed by atoms with E-state index in [-0.39, 0.29) is 6.04 Å². The average Bonchev–Trinajstić information content (AvgIpc) is 2.73. The number of methoxy groups -OCH3 is 1. The first kappa shape index (κ1) is 21.2. The summed E-state index contributed by atoms with van der Waals surface area (Å²) in [6.45, 7) is 5.61. The van der Waals surface area contributed by atoms with Crippen molar-refractivity contribution in [2.45, 2.75) is 41.4 Å². The third kappa shape index (κ3) is 4.22. The molecule has 0 radical (unpaired) electrons. The number of ether oxygens (including phenoxy) is 1. The normalized spacial score (nSPS) is 17.9. The fraction of sp³-hybridized carbons (Fsp3) is 0.429. The van der Waals surface area contributed by atoms with Crippen LogP contribution in [0.1, 0.15) is 37.4 Å². The van der Waals surface area contributed by atoms with Crippen LogP contribution in [0.15, 0.2) is 52.3 Å². The molecule has 0 spiro atoms. The Hall–Kier alpha value is -1.54. The van der Waals surface area contributed by atoms with Crippen LogP contribution in [0.4, 0.5) is 5.69 Å². The van der Waals surface area contributed by atoms with Gasteiger partial charge in [0.15, 0.2) is 0 Å². The van der Waals surface area contributed by atoms with Crippen molar-refractivity contribution in [2.24, 2.45) is 0 Å². The minimum atomic E-state index is -3.64. The van der Waals surface area contributed by atoms with Gasteiger partial charge >= 0.3 is 0 Å². The zero-order valence-corrected chi connectivity index (χ0v) is 18.4. The maximum absolute atomic E-state index is 13.4. The van der Waals surface area contributed by atoms with Crippen molar-refractivity contribution in [1.29, 1.82) is 0 Å². The fourth-order valence-corrected chi connectivity index (χ4v) is 5.90. The Morgan fingerprint density at radius 1 is 1.18 bits per heavy atom. The third-order valence-corrected chi connectivity index (χ3v) is 7.59. The molecule has 7 heteroatoms. The summed E-state index contributed by atoms with van der Waals surface area (Å²) in [6, 6.07) is 13.3. The van der Waals surface area contributed by atoms with Crippen molar-refractivity contribution in [2.75, 3.05) is 31.6 Å². The van der Waals surface area contributed by atoms with E-state index in [0.717, 1.165) is 29.0 Å². The van der Waals surface area contributed by atoms with Gasteiger partial charge in [0.2, 0.25) is 0 Å². The van der Waals surface area contributed by atoms with E-state index in [2.05, 4.69) is 19.2 Å². The molecule has 0 saturated carbocycles. The molecule has 1 aliphatic rings. The van der Waals surface area contributed by atoms with Gasteiger partial charge in [-0.3, -0.25) is 4.31 Å². The van der Waals surface area contributed by atoms with Gasteiger partial charge in [-0.15, -0.1) is 11.8 Å². The number of hydrogen-bond acceptors (Lipinski definition) is 5. The molecule has 1 unspecified atom stereocenters. The first-order chi connectivity index (χ1) is 13.4. The molecule has 0 bridgehead atoms.